The Morgan fingerprint density at radius 1 is 0.967 bits per heavy atom. The molecule has 160 valence electrons. The zero-order chi connectivity index (χ0) is 21.7. The average molecular weight is 430 g/mol. The summed E-state index contributed by atoms with van der Waals surface area (Å²) in [5.41, 5.74) is 2.72. The van der Waals surface area contributed by atoms with Gasteiger partial charge in [-0.2, -0.15) is 0 Å². The highest BCUT2D eigenvalue weighted by Crippen LogP contribution is 2.14. The molecule has 2 aromatic rings. The summed E-state index contributed by atoms with van der Waals surface area (Å²) in [6, 6.07) is 14.0. The number of hydrogen-bond donors (Lipinski definition) is 1. The molecule has 1 saturated heterocycles. The molecule has 1 heterocycles. The number of nitrogens with one attached hydrogen (secondary N) is 1. The van der Waals surface area contributed by atoms with Crippen molar-refractivity contribution in [2.75, 3.05) is 44.3 Å². The maximum Gasteiger partial charge on any atom is 0.238 e. The lowest BCUT2D eigenvalue weighted by Gasteiger charge is -2.34. The van der Waals surface area contributed by atoms with Crippen molar-refractivity contribution < 1.29 is 18.0 Å². The number of benzene rings is 2. The van der Waals surface area contributed by atoms with Crippen LogP contribution in [0.5, 0.6) is 0 Å². The quantitative estimate of drug-likeness (QED) is 0.756. The molecule has 1 fully saturated rings. The van der Waals surface area contributed by atoms with Gasteiger partial charge in [0.2, 0.25) is 11.8 Å². The Morgan fingerprint density at radius 2 is 1.60 bits per heavy atom. The first kappa shape index (κ1) is 22.0. The minimum atomic E-state index is -3.26. The summed E-state index contributed by atoms with van der Waals surface area (Å²) >= 11 is 0. The first-order chi connectivity index (χ1) is 14.2. The molecule has 0 unspecified atom stereocenters. The number of aryl methyl sites for hydroxylation is 1. The Labute approximate surface area is 177 Å². The number of sulfone groups is 1. The molecule has 0 spiro atoms. The Kier molecular flexibility index (Phi) is 6.89. The largest absolute Gasteiger partial charge is 0.340 e. The Morgan fingerprint density at radius 3 is 2.20 bits per heavy atom. The molecule has 0 saturated carbocycles. The molecule has 2 amide bonds. The van der Waals surface area contributed by atoms with Gasteiger partial charge in [0.15, 0.2) is 9.84 Å². The second kappa shape index (κ2) is 9.40. The monoisotopic (exact) mass is 429 g/mol. The fourth-order valence-corrected chi connectivity index (χ4v) is 4.06. The SMILES string of the molecule is Cc1ccccc1CC(=O)N1CCN(CC(=O)Nc2ccc(S(C)(=O)=O)cc2)CC1. The molecule has 1 aliphatic rings. The third-order valence-electron chi connectivity index (χ3n) is 5.26. The van der Waals surface area contributed by atoms with Crippen LogP contribution in [0.15, 0.2) is 53.4 Å². The second-order valence-corrected chi connectivity index (χ2v) is 9.62. The number of nitrogens with zero attached hydrogens (tertiary/aromatic N) is 2. The van der Waals surface area contributed by atoms with Crippen LogP contribution in [-0.2, 0) is 25.8 Å². The van der Waals surface area contributed by atoms with Crippen LogP contribution in [0.25, 0.3) is 0 Å². The number of anilines is 1. The van der Waals surface area contributed by atoms with Crippen LogP contribution in [0, 0.1) is 6.92 Å². The van der Waals surface area contributed by atoms with Crippen LogP contribution in [-0.4, -0.2) is 69.0 Å². The maximum absolute atomic E-state index is 12.6. The molecule has 30 heavy (non-hydrogen) atoms. The second-order valence-electron chi connectivity index (χ2n) is 7.60. The lowest BCUT2D eigenvalue weighted by atomic mass is 10.1. The third kappa shape index (κ3) is 5.90. The van der Waals surface area contributed by atoms with E-state index in [2.05, 4.69) is 5.32 Å². The number of amides is 2. The number of hydrogen-bond acceptors (Lipinski definition) is 5. The highest BCUT2D eigenvalue weighted by Gasteiger charge is 2.22. The van der Waals surface area contributed by atoms with Crippen molar-refractivity contribution in [3.63, 3.8) is 0 Å². The fourth-order valence-electron chi connectivity index (χ4n) is 3.43. The van der Waals surface area contributed by atoms with E-state index in [4.69, 9.17) is 0 Å². The minimum Gasteiger partial charge on any atom is -0.340 e. The van der Waals surface area contributed by atoms with Gasteiger partial charge in [-0.1, -0.05) is 24.3 Å². The maximum atomic E-state index is 12.6. The zero-order valence-electron chi connectivity index (χ0n) is 17.3. The molecule has 3 rings (SSSR count). The van der Waals surface area contributed by atoms with Gasteiger partial charge in [0, 0.05) is 38.1 Å². The predicted octanol–water partition coefficient (Wildman–Crippen LogP) is 1.72. The minimum absolute atomic E-state index is 0.111. The van der Waals surface area contributed by atoms with Crippen molar-refractivity contribution in [3.05, 3.63) is 59.7 Å². The first-order valence-electron chi connectivity index (χ1n) is 9.87. The summed E-state index contributed by atoms with van der Waals surface area (Å²) in [4.78, 5) is 29.0. The van der Waals surface area contributed by atoms with E-state index < -0.39 is 9.84 Å². The lowest BCUT2D eigenvalue weighted by molar-refractivity contribution is -0.132. The van der Waals surface area contributed by atoms with E-state index in [9.17, 15) is 18.0 Å². The number of carbonyl (C=O) groups is 2. The summed E-state index contributed by atoms with van der Waals surface area (Å²) < 4.78 is 23.0. The molecule has 0 radical (unpaired) electrons. The summed E-state index contributed by atoms with van der Waals surface area (Å²) in [6.45, 7) is 4.71. The van der Waals surface area contributed by atoms with Crippen LogP contribution in [0.1, 0.15) is 11.1 Å². The van der Waals surface area contributed by atoms with Gasteiger partial charge in [0.25, 0.3) is 0 Å². The van der Waals surface area contributed by atoms with Gasteiger partial charge < -0.3 is 10.2 Å². The van der Waals surface area contributed by atoms with Gasteiger partial charge in [-0.05, 0) is 42.3 Å². The van der Waals surface area contributed by atoms with Crippen LogP contribution in [0.3, 0.4) is 0 Å². The van der Waals surface area contributed by atoms with E-state index in [1.165, 1.54) is 12.1 Å². The van der Waals surface area contributed by atoms with E-state index in [1.807, 2.05) is 41.0 Å². The van der Waals surface area contributed by atoms with Crippen molar-refractivity contribution in [1.82, 2.24) is 9.80 Å². The molecule has 0 bridgehead atoms. The normalized spacial score (nSPS) is 15.1. The van der Waals surface area contributed by atoms with Gasteiger partial charge in [-0.3, -0.25) is 14.5 Å². The number of rotatable bonds is 6. The van der Waals surface area contributed by atoms with Gasteiger partial charge >= 0.3 is 0 Å². The van der Waals surface area contributed by atoms with Crippen LogP contribution < -0.4 is 5.32 Å². The van der Waals surface area contributed by atoms with Crippen molar-refractivity contribution >= 4 is 27.3 Å². The highest BCUT2D eigenvalue weighted by molar-refractivity contribution is 7.90. The Bertz CT molecular complexity index is 1010. The summed E-state index contributed by atoms with van der Waals surface area (Å²) in [5.74, 6) is -0.0545. The van der Waals surface area contributed by atoms with Crippen molar-refractivity contribution in [2.45, 2.75) is 18.2 Å². The van der Waals surface area contributed by atoms with Gasteiger partial charge in [-0.15, -0.1) is 0 Å². The van der Waals surface area contributed by atoms with Gasteiger partial charge in [0.1, 0.15) is 0 Å². The van der Waals surface area contributed by atoms with E-state index in [1.54, 1.807) is 12.1 Å². The van der Waals surface area contributed by atoms with Crippen LogP contribution in [0.2, 0.25) is 0 Å². The molecule has 7 nitrogen and oxygen atoms in total. The third-order valence-corrected chi connectivity index (χ3v) is 6.39. The summed E-state index contributed by atoms with van der Waals surface area (Å²) in [6.07, 6.45) is 1.54. The van der Waals surface area contributed by atoms with Crippen LogP contribution >= 0.6 is 0 Å². The fraction of sp³-hybridized carbons (Fsp3) is 0.364. The van der Waals surface area contributed by atoms with E-state index >= 15 is 0 Å². The van der Waals surface area contributed by atoms with Crippen LogP contribution in [0.4, 0.5) is 5.69 Å². The highest BCUT2D eigenvalue weighted by atomic mass is 32.2. The summed E-state index contributed by atoms with van der Waals surface area (Å²) in [7, 11) is -3.26. The zero-order valence-corrected chi connectivity index (χ0v) is 18.1. The average Bonchev–Trinajstić information content (AvgIpc) is 2.70. The molecule has 0 atom stereocenters. The van der Waals surface area contributed by atoms with E-state index in [-0.39, 0.29) is 23.3 Å². The van der Waals surface area contributed by atoms with E-state index in [0.717, 1.165) is 17.4 Å². The molecule has 2 aromatic carbocycles. The Balaban J connectivity index is 1.45. The van der Waals surface area contributed by atoms with Crippen molar-refractivity contribution in [1.29, 1.82) is 0 Å². The standard InChI is InChI=1S/C22H27N3O4S/c1-17-5-3-4-6-18(17)15-22(27)25-13-11-24(12-14-25)16-21(26)23-19-7-9-20(10-8-19)30(2,28)29/h3-10H,11-16H2,1-2H3,(H,23,26). The first-order valence-corrected chi connectivity index (χ1v) is 11.8. The van der Waals surface area contributed by atoms with Gasteiger partial charge in [0.05, 0.1) is 17.9 Å². The molecular weight excluding hydrogens is 402 g/mol. The molecule has 1 aliphatic heterocycles. The molecule has 1 N–H and O–H groups in total. The molecule has 0 aliphatic carbocycles. The number of carbonyl (C=O) groups excluding carboxylic acids is 2. The Hall–Kier alpha value is -2.71. The summed E-state index contributed by atoms with van der Waals surface area (Å²) in [5, 5.41) is 2.78. The smallest absolute Gasteiger partial charge is 0.238 e. The topological polar surface area (TPSA) is 86.8 Å². The van der Waals surface area contributed by atoms with E-state index in [0.29, 0.717) is 38.3 Å². The molecular formula is C22H27N3O4S. The lowest BCUT2D eigenvalue weighted by Crippen LogP contribution is -2.50. The molecule has 0 aromatic heterocycles. The molecule has 8 heteroatoms. The predicted molar refractivity (Wildman–Crippen MR) is 116 cm³/mol. The number of piperazine rings is 1. The van der Waals surface area contributed by atoms with Crippen molar-refractivity contribution in [2.24, 2.45) is 0 Å². The van der Waals surface area contributed by atoms with Gasteiger partial charge in [-0.25, -0.2) is 8.42 Å². The van der Waals surface area contributed by atoms with Crippen molar-refractivity contribution in [3.8, 4) is 0 Å².